The van der Waals surface area contributed by atoms with Gasteiger partial charge in [0.25, 0.3) is 0 Å². The smallest absolute Gasteiger partial charge is 0.119 e. The van der Waals surface area contributed by atoms with Crippen molar-refractivity contribution in [2.45, 2.75) is 142 Å². The molecule has 0 aliphatic heterocycles. The van der Waals surface area contributed by atoms with Crippen molar-refractivity contribution in [2.75, 3.05) is 13.2 Å². The molecule has 52 heavy (non-hydrogen) atoms. The maximum Gasteiger partial charge on any atom is 0.119 e. The normalized spacial score (nSPS) is 11.6. The van der Waals surface area contributed by atoms with E-state index in [9.17, 15) is 10.5 Å². The van der Waals surface area contributed by atoms with Crippen LogP contribution in [0.4, 0.5) is 0 Å². The summed E-state index contributed by atoms with van der Waals surface area (Å²) in [5, 5.41) is 19.9. The van der Waals surface area contributed by atoms with Crippen LogP contribution in [0.3, 0.4) is 0 Å². The lowest BCUT2D eigenvalue weighted by atomic mass is 9.99. The molecule has 3 aromatic rings. The van der Waals surface area contributed by atoms with E-state index in [2.05, 4.69) is 26.0 Å². The zero-order chi connectivity index (χ0) is 36.9. The molecule has 4 nitrogen and oxygen atoms in total. The highest BCUT2D eigenvalue weighted by atomic mass is 16.5. The molecule has 0 unspecified atom stereocenters. The van der Waals surface area contributed by atoms with Gasteiger partial charge in [-0.25, -0.2) is 0 Å². The van der Waals surface area contributed by atoms with E-state index >= 15 is 0 Å². The average molecular weight is 701 g/mol. The fourth-order valence-corrected chi connectivity index (χ4v) is 6.40. The topological polar surface area (TPSA) is 66.0 Å². The predicted octanol–water partition coefficient (Wildman–Crippen LogP) is 14.4. The minimum Gasteiger partial charge on any atom is -0.494 e. The molecule has 0 aliphatic carbocycles. The van der Waals surface area contributed by atoms with E-state index in [0.717, 1.165) is 59.8 Å². The monoisotopic (exact) mass is 700 g/mol. The van der Waals surface area contributed by atoms with E-state index in [1.807, 2.05) is 84.9 Å². The first kappa shape index (κ1) is 42.1. The van der Waals surface area contributed by atoms with Gasteiger partial charge in [-0.1, -0.05) is 178 Å². The fourth-order valence-electron chi connectivity index (χ4n) is 6.40. The van der Waals surface area contributed by atoms with E-state index in [1.165, 1.54) is 116 Å². The summed E-state index contributed by atoms with van der Waals surface area (Å²) in [6, 6.07) is 28.2. The number of nitrogens with zero attached hydrogens (tertiary/aromatic N) is 2. The second-order valence-corrected chi connectivity index (χ2v) is 14.1. The van der Waals surface area contributed by atoms with E-state index in [-0.39, 0.29) is 0 Å². The highest BCUT2D eigenvalue weighted by Crippen LogP contribution is 2.25. The molecule has 0 aromatic heterocycles. The first-order chi connectivity index (χ1) is 25.7. The molecule has 0 bridgehead atoms. The summed E-state index contributed by atoms with van der Waals surface area (Å²) in [5.74, 6) is 1.72. The van der Waals surface area contributed by atoms with Crippen molar-refractivity contribution in [3.8, 4) is 23.6 Å². The second-order valence-electron chi connectivity index (χ2n) is 14.1. The molecule has 0 saturated heterocycles. The zero-order valence-corrected chi connectivity index (χ0v) is 32.4. The van der Waals surface area contributed by atoms with Crippen molar-refractivity contribution in [1.29, 1.82) is 10.5 Å². The Hall–Kier alpha value is -4.28. The minimum absolute atomic E-state index is 0.571. The number of allylic oxidation sites excluding steroid dienone is 2. The van der Waals surface area contributed by atoms with Crippen LogP contribution < -0.4 is 9.47 Å². The van der Waals surface area contributed by atoms with Gasteiger partial charge in [-0.15, -0.1) is 0 Å². The molecular weight excluding hydrogens is 637 g/mol. The lowest BCUT2D eigenvalue weighted by molar-refractivity contribution is 0.304. The first-order valence-electron chi connectivity index (χ1n) is 20.5. The summed E-state index contributed by atoms with van der Waals surface area (Å²) in [4.78, 5) is 0. The van der Waals surface area contributed by atoms with Gasteiger partial charge in [-0.2, -0.15) is 10.5 Å². The third-order valence-electron chi connectivity index (χ3n) is 9.66. The summed E-state index contributed by atoms with van der Waals surface area (Å²) in [6.07, 6.45) is 30.0. The standard InChI is InChI=1S/C48H64N2O2/c1-3-5-7-9-11-13-15-17-19-21-35-51-47-31-23-41(24-32-47)37-45(39-49)43-27-29-44(30-28-43)46(40-50)38-42-25-33-48(34-26-42)52-36-22-20-18-16-14-12-10-8-6-4-2/h23-34,37-38H,3-22,35-36H2,1-2H3/b45-37+,46-38+. The van der Waals surface area contributed by atoms with Crippen LogP contribution in [-0.2, 0) is 0 Å². The molecule has 0 aliphatic rings. The van der Waals surface area contributed by atoms with Crippen molar-refractivity contribution < 1.29 is 9.47 Å². The van der Waals surface area contributed by atoms with Crippen LogP contribution in [0, 0.1) is 22.7 Å². The van der Waals surface area contributed by atoms with Gasteiger partial charge < -0.3 is 9.47 Å². The number of unbranched alkanes of at least 4 members (excludes halogenated alkanes) is 18. The largest absolute Gasteiger partial charge is 0.494 e. The van der Waals surface area contributed by atoms with Gasteiger partial charge in [0, 0.05) is 0 Å². The third kappa shape index (κ3) is 17.8. The molecule has 0 N–H and O–H groups in total. The number of nitriles is 2. The Labute approximate surface area is 316 Å². The predicted molar refractivity (Wildman–Crippen MR) is 221 cm³/mol. The van der Waals surface area contributed by atoms with Gasteiger partial charge in [0.2, 0.25) is 0 Å². The van der Waals surface area contributed by atoms with Gasteiger partial charge in [0.05, 0.1) is 36.5 Å². The summed E-state index contributed by atoms with van der Waals surface area (Å²) in [7, 11) is 0. The Morgan fingerprint density at radius 3 is 1.00 bits per heavy atom. The van der Waals surface area contributed by atoms with Crippen molar-refractivity contribution in [1.82, 2.24) is 0 Å². The van der Waals surface area contributed by atoms with Crippen LogP contribution in [0.15, 0.2) is 72.8 Å². The molecule has 4 heteroatoms. The molecule has 278 valence electrons. The molecule has 0 amide bonds. The number of hydrogen-bond donors (Lipinski definition) is 0. The molecule has 0 atom stereocenters. The van der Waals surface area contributed by atoms with Crippen LogP contribution in [0.1, 0.15) is 165 Å². The molecule has 0 spiro atoms. The summed E-state index contributed by atoms with van der Waals surface area (Å²) < 4.78 is 11.9. The van der Waals surface area contributed by atoms with Crippen LogP contribution in [-0.4, -0.2) is 13.2 Å². The van der Waals surface area contributed by atoms with Crippen molar-refractivity contribution >= 4 is 23.3 Å². The Balaban J connectivity index is 1.40. The van der Waals surface area contributed by atoms with Crippen LogP contribution >= 0.6 is 0 Å². The quantitative estimate of drug-likeness (QED) is 0.0430. The molecule has 0 heterocycles. The van der Waals surface area contributed by atoms with Crippen LogP contribution in [0.5, 0.6) is 11.5 Å². The summed E-state index contributed by atoms with van der Waals surface area (Å²) >= 11 is 0. The van der Waals surface area contributed by atoms with Gasteiger partial charge >= 0.3 is 0 Å². The second kappa shape index (κ2) is 27.4. The molecule has 3 aromatic carbocycles. The van der Waals surface area contributed by atoms with Gasteiger partial charge in [-0.3, -0.25) is 0 Å². The highest BCUT2D eigenvalue weighted by molar-refractivity contribution is 5.92. The van der Waals surface area contributed by atoms with Crippen molar-refractivity contribution in [3.05, 3.63) is 95.1 Å². The maximum absolute atomic E-state index is 9.93. The van der Waals surface area contributed by atoms with E-state index in [1.54, 1.807) is 0 Å². The van der Waals surface area contributed by atoms with Crippen LogP contribution in [0.25, 0.3) is 23.3 Å². The van der Waals surface area contributed by atoms with Gasteiger partial charge in [0.1, 0.15) is 11.5 Å². The third-order valence-corrected chi connectivity index (χ3v) is 9.66. The Morgan fingerprint density at radius 1 is 0.423 bits per heavy atom. The Morgan fingerprint density at radius 2 is 0.712 bits per heavy atom. The molecular formula is C48H64N2O2. The minimum atomic E-state index is 0.571. The SMILES string of the molecule is CCCCCCCCCCCCOc1ccc(/C=C(\C#N)c2ccc(/C(C#N)=C/c3ccc(OCCCCCCCCCCCC)cc3)cc2)cc1. The number of hydrogen-bond acceptors (Lipinski definition) is 4. The molecule has 3 rings (SSSR count). The molecule has 0 saturated carbocycles. The first-order valence-corrected chi connectivity index (χ1v) is 20.5. The maximum atomic E-state index is 9.93. The summed E-state index contributed by atoms with van der Waals surface area (Å²) in [6.45, 7) is 6.00. The van der Waals surface area contributed by atoms with E-state index < -0.39 is 0 Å². The summed E-state index contributed by atoms with van der Waals surface area (Å²) in [5.41, 5.74) is 4.66. The van der Waals surface area contributed by atoms with Gasteiger partial charge in [0.15, 0.2) is 0 Å². The lowest BCUT2D eigenvalue weighted by Crippen LogP contribution is -1.97. The van der Waals surface area contributed by atoms with Gasteiger partial charge in [-0.05, 0) is 71.5 Å². The average Bonchev–Trinajstić information content (AvgIpc) is 3.18. The fraction of sp³-hybridized carbons (Fsp3) is 0.500. The number of rotatable bonds is 28. The number of benzene rings is 3. The number of ether oxygens (including phenoxy) is 2. The lowest BCUT2D eigenvalue weighted by Gasteiger charge is -2.07. The Kier molecular flexibility index (Phi) is 22.2. The molecule has 0 radical (unpaired) electrons. The Bertz CT molecular complexity index is 1390. The molecule has 0 fully saturated rings. The highest BCUT2D eigenvalue weighted by Gasteiger charge is 2.06. The van der Waals surface area contributed by atoms with E-state index in [0.29, 0.717) is 11.1 Å². The zero-order valence-electron chi connectivity index (χ0n) is 32.4. The van der Waals surface area contributed by atoms with Crippen LogP contribution in [0.2, 0.25) is 0 Å². The van der Waals surface area contributed by atoms with E-state index in [4.69, 9.17) is 9.47 Å². The van der Waals surface area contributed by atoms with Crippen molar-refractivity contribution in [2.24, 2.45) is 0 Å². The van der Waals surface area contributed by atoms with Crippen molar-refractivity contribution in [3.63, 3.8) is 0 Å².